The van der Waals surface area contributed by atoms with Crippen LogP contribution in [0.5, 0.6) is 0 Å². The van der Waals surface area contributed by atoms with E-state index in [0.29, 0.717) is 6.54 Å². The number of aliphatic imine (C=N–C) groups is 1. The third-order valence-corrected chi connectivity index (χ3v) is 5.09. The number of nitrogens with one attached hydrogen (secondary N) is 1. The van der Waals surface area contributed by atoms with Crippen LogP contribution in [0.4, 0.5) is 0 Å². The second kappa shape index (κ2) is 11.1. The SMILES string of the molecule is CN=C(NCc1cnn(Cc2ccccc2)c1)N1CCN(Cc2ccon2)CC1.I. The second-order valence-electron chi connectivity index (χ2n) is 7.19. The van der Waals surface area contributed by atoms with E-state index in [-0.39, 0.29) is 24.0 Å². The molecule has 1 aromatic carbocycles. The van der Waals surface area contributed by atoms with Gasteiger partial charge in [0, 0.05) is 64.1 Å². The van der Waals surface area contributed by atoms with E-state index in [1.807, 2.05) is 30.1 Å². The number of nitrogens with zero attached hydrogens (tertiary/aromatic N) is 6. The maximum absolute atomic E-state index is 4.92. The molecule has 0 saturated carbocycles. The molecule has 1 saturated heterocycles. The van der Waals surface area contributed by atoms with Gasteiger partial charge in [-0.3, -0.25) is 14.6 Å². The molecule has 0 spiro atoms. The lowest BCUT2D eigenvalue weighted by Crippen LogP contribution is -2.52. The van der Waals surface area contributed by atoms with Gasteiger partial charge in [0.15, 0.2) is 5.96 Å². The Morgan fingerprint density at radius 2 is 1.87 bits per heavy atom. The highest BCUT2D eigenvalue weighted by molar-refractivity contribution is 14.0. The number of aromatic nitrogens is 3. The van der Waals surface area contributed by atoms with E-state index in [9.17, 15) is 0 Å². The normalized spacial score (nSPS) is 15.1. The molecule has 160 valence electrons. The quantitative estimate of drug-likeness (QED) is 0.305. The fraction of sp³-hybridized carbons (Fsp3) is 0.381. The summed E-state index contributed by atoms with van der Waals surface area (Å²) < 4.78 is 6.89. The average Bonchev–Trinajstić information content (AvgIpc) is 3.43. The summed E-state index contributed by atoms with van der Waals surface area (Å²) in [6.07, 6.45) is 5.63. The van der Waals surface area contributed by atoms with Crippen LogP contribution in [-0.4, -0.2) is 63.9 Å². The topological polar surface area (TPSA) is 74.7 Å². The van der Waals surface area contributed by atoms with Crippen molar-refractivity contribution in [1.29, 1.82) is 0 Å². The van der Waals surface area contributed by atoms with E-state index in [2.05, 4.69) is 60.8 Å². The van der Waals surface area contributed by atoms with Gasteiger partial charge in [0.25, 0.3) is 0 Å². The van der Waals surface area contributed by atoms with Gasteiger partial charge in [-0.15, -0.1) is 24.0 Å². The van der Waals surface area contributed by atoms with Crippen molar-refractivity contribution >= 4 is 29.9 Å². The minimum Gasteiger partial charge on any atom is -0.364 e. The molecule has 3 aromatic rings. The number of piperazine rings is 1. The number of rotatable bonds is 6. The number of hydrogen-bond acceptors (Lipinski definition) is 5. The Labute approximate surface area is 194 Å². The van der Waals surface area contributed by atoms with Crippen LogP contribution in [0.1, 0.15) is 16.8 Å². The molecule has 3 heterocycles. The predicted molar refractivity (Wildman–Crippen MR) is 127 cm³/mol. The molecule has 30 heavy (non-hydrogen) atoms. The minimum atomic E-state index is 0. The molecule has 0 amide bonds. The van der Waals surface area contributed by atoms with Crippen molar-refractivity contribution < 1.29 is 4.52 Å². The second-order valence-corrected chi connectivity index (χ2v) is 7.19. The molecule has 8 nitrogen and oxygen atoms in total. The third kappa shape index (κ3) is 6.05. The molecule has 0 atom stereocenters. The van der Waals surface area contributed by atoms with Gasteiger partial charge in [0.1, 0.15) is 6.26 Å². The van der Waals surface area contributed by atoms with Crippen molar-refractivity contribution in [3.05, 3.63) is 71.9 Å². The summed E-state index contributed by atoms with van der Waals surface area (Å²) >= 11 is 0. The van der Waals surface area contributed by atoms with Gasteiger partial charge in [0.05, 0.1) is 18.4 Å². The zero-order valence-corrected chi connectivity index (χ0v) is 19.5. The summed E-state index contributed by atoms with van der Waals surface area (Å²) in [4.78, 5) is 9.14. The van der Waals surface area contributed by atoms with Gasteiger partial charge in [0.2, 0.25) is 0 Å². The lowest BCUT2D eigenvalue weighted by Gasteiger charge is -2.36. The predicted octanol–water partition coefficient (Wildman–Crippen LogP) is 2.43. The molecule has 1 aliphatic heterocycles. The minimum absolute atomic E-state index is 0. The molecule has 4 rings (SSSR count). The van der Waals surface area contributed by atoms with Gasteiger partial charge >= 0.3 is 0 Å². The molecule has 1 fully saturated rings. The summed E-state index contributed by atoms with van der Waals surface area (Å²) in [5, 5.41) is 11.9. The highest BCUT2D eigenvalue weighted by Crippen LogP contribution is 2.08. The lowest BCUT2D eigenvalue weighted by atomic mass is 10.2. The maximum Gasteiger partial charge on any atom is 0.194 e. The van der Waals surface area contributed by atoms with E-state index in [0.717, 1.165) is 56.5 Å². The van der Waals surface area contributed by atoms with Gasteiger partial charge in [-0.1, -0.05) is 35.5 Å². The summed E-state index contributed by atoms with van der Waals surface area (Å²) in [6, 6.07) is 12.3. The average molecular weight is 521 g/mol. The van der Waals surface area contributed by atoms with Crippen LogP contribution < -0.4 is 5.32 Å². The van der Waals surface area contributed by atoms with Crippen LogP contribution in [0.15, 0.2) is 64.6 Å². The zero-order chi connectivity index (χ0) is 19.9. The molecule has 1 aliphatic rings. The van der Waals surface area contributed by atoms with Crippen molar-refractivity contribution in [1.82, 2.24) is 30.1 Å². The van der Waals surface area contributed by atoms with Gasteiger partial charge < -0.3 is 14.7 Å². The van der Waals surface area contributed by atoms with Crippen LogP contribution in [0.2, 0.25) is 0 Å². The molecule has 9 heteroatoms. The Hall–Kier alpha value is -2.40. The Balaban J connectivity index is 0.00000256. The first kappa shape index (κ1) is 22.3. The van der Waals surface area contributed by atoms with E-state index in [1.165, 1.54) is 5.56 Å². The van der Waals surface area contributed by atoms with Gasteiger partial charge in [-0.2, -0.15) is 5.10 Å². The lowest BCUT2D eigenvalue weighted by molar-refractivity contribution is 0.169. The first-order chi connectivity index (χ1) is 14.3. The van der Waals surface area contributed by atoms with Gasteiger partial charge in [-0.25, -0.2) is 0 Å². The van der Waals surface area contributed by atoms with Gasteiger partial charge in [-0.05, 0) is 5.56 Å². The fourth-order valence-corrected chi connectivity index (χ4v) is 3.53. The standard InChI is InChI=1S/C21H27N7O.HI/c1-22-21(27-10-8-26(9-11-27)17-20-7-12-29-25-20)23-13-19-14-24-28(16-19)15-18-5-3-2-4-6-18;/h2-7,12,14,16H,8-11,13,15,17H2,1H3,(H,22,23);1H. The van der Waals surface area contributed by atoms with E-state index < -0.39 is 0 Å². The molecule has 0 aliphatic carbocycles. The van der Waals surface area contributed by atoms with E-state index >= 15 is 0 Å². The van der Waals surface area contributed by atoms with Crippen LogP contribution in [0.25, 0.3) is 0 Å². The van der Waals surface area contributed by atoms with Crippen molar-refractivity contribution in [2.45, 2.75) is 19.6 Å². The van der Waals surface area contributed by atoms with E-state index in [4.69, 9.17) is 4.52 Å². The monoisotopic (exact) mass is 521 g/mol. The fourth-order valence-electron chi connectivity index (χ4n) is 3.53. The van der Waals surface area contributed by atoms with Crippen molar-refractivity contribution in [3.8, 4) is 0 Å². The molecule has 0 unspecified atom stereocenters. The summed E-state index contributed by atoms with van der Waals surface area (Å²) in [5.74, 6) is 0.932. The summed E-state index contributed by atoms with van der Waals surface area (Å²) in [7, 11) is 1.84. The number of guanidine groups is 1. The summed E-state index contributed by atoms with van der Waals surface area (Å²) in [6.45, 7) is 6.14. The Morgan fingerprint density at radius 3 is 2.57 bits per heavy atom. The highest BCUT2D eigenvalue weighted by Gasteiger charge is 2.20. The molecule has 1 N–H and O–H groups in total. The molecular weight excluding hydrogens is 493 g/mol. The Kier molecular flexibility index (Phi) is 8.26. The first-order valence-electron chi connectivity index (χ1n) is 9.92. The third-order valence-electron chi connectivity index (χ3n) is 5.09. The maximum atomic E-state index is 4.92. The number of hydrogen-bond donors (Lipinski definition) is 1. The smallest absolute Gasteiger partial charge is 0.194 e. The molecule has 0 bridgehead atoms. The van der Waals surface area contributed by atoms with Crippen molar-refractivity contribution in [2.24, 2.45) is 4.99 Å². The van der Waals surface area contributed by atoms with Crippen LogP contribution in [0.3, 0.4) is 0 Å². The Morgan fingerprint density at radius 1 is 1.07 bits per heavy atom. The van der Waals surface area contributed by atoms with Crippen LogP contribution in [-0.2, 0) is 19.6 Å². The van der Waals surface area contributed by atoms with Crippen molar-refractivity contribution in [3.63, 3.8) is 0 Å². The summed E-state index contributed by atoms with van der Waals surface area (Å²) in [5.41, 5.74) is 3.37. The molecule has 0 radical (unpaired) electrons. The number of benzene rings is 1. The van der Waals surface area contributed by atoms with E-state index in [1.54, 1.807) is 6.26 Å². The first-order valence-corrected chi connectivity index (χ1v) is 9.92. The Bertz CT molecular complexity index is 903. The largest absolute Gasteiger partial charge is 0.364 e. The van der Waals surface area contributed by atoms with Crippen molar-refractivity contribution in [2.75, 3.05) is 33.2 Å². The van der Waals surface area contributed by atoms with Crippen LogP contribution in [0, 0.1) is 0 Å². The highest BCUT2D eigenvalue weighted by atomic mass is 127. The number of halogens is 1. The molecular formula is C21H28IN7O. The molecule has 2 aromatic heterocycles. The van der Waals surface area contributed by atoms with Crippen LogP contribution >= 0.6 is 24.0 Å². The zero-order valence-electron chi connectivity index (χ0n) is 17.1.